The molecule has 0 aliphatic rings. The summed E-state index contributed by atoms with van der Waals surface area (Å²) in [5.41, 5.74) is 0. The average molecular weight is 969 g/mol. The second-order valence-electron chi connectivity index (χ2n) is 20.7. The van der Waals surface area contributed by atoms with E-state index in [1.807, 2.05) is 0 Å². The lowest BCUT2D eigenvalue weighted by Gasteiger charge is -2.24. The highest BCUT2D eigenvalue weighted by Gasteiger charge is 2.24. The van der Waals surface area contributed by atoms with E-state index in [0.717, 1.165) is 83.5 Å². The number of hydrogen-bond acceptors (Lipinski definition) is 5. The summed E-state index contributed by atoms with van der Waals surface area (Å²) in [6.45, 7) is 6.49. The Kier molecular flexibility index (Phi) is 54.9. The van der Waals surface area contributed by atoms with Crippen LogP contribution in [0.5, 0.6) is 0 Å². The van der Waals surface area contributed by atoms with Crippen molar-refractivity contribution in [2.45, 2.75) is 334 Å². The summed E-state index contributed by atoms with van der Waals surface area (Å²) in [7, 11) is 0. The Bertz CT molecular complexity index is 1180. The molecular weight excluding hydrogens is 851 g/mol. The van der Waals surface area contributed by atoms with Gasteiger partial charge in [0.05, 0.1) is 25.2 Å². The number of amides is 1. The summed E-state index contributed by atoms with van der Waals surface area (Å²) in [4.78, 5) is 26.3. The van der Waals surface area contributed by atoms with Crippen LogP contribution in [0.4, 0.5) is 0 Å². The molecule has 0 spiro atoms. The molecular formula is C63H117NO5. The van der Waals surface area contributed by atoms with Crippen molar-refractivity contribution >= 4 is 11.9 Å². The smallest absolute Gasteiger partial charge is 0.306 e. The predicted molar refractivity (Wildman–Crippen MR) is 301 cm³/mol. The number of nitrogens with one attached hydrogen (secondary N) is 1. The van der Waals surface area contributed by atoms with Crippen LogP contribution >= 0.6 is 0 Å². The zero-order valence-corrected chi connectivity index (χ0v) is 46.2. The van der Waals surface area contributed by atoms with Crippen LogP contribution in [-0.2, 0) is 14.3 Å². The topological polar surface area (TPSA) is 95.9 Å². The SMILES string of the molecule is CCCCC/C=C\C/C=C\C/C=C\CCCCCCCCC(=O)OC(CCCCC/C=C/CCCCCCCCCCC)CC(=O)NC(CO)C(O)CCCCCCCCCCCCCCCCC. The Balaban J connectivity index is 4.58. The van der Waals surface area contributed by atoms with Crippen molar-refractivity contribution in [2.75, 3.05) is 6.61 Å². The second-order valence-corrected chi connectivity index (χ2v) is 20.7. The van der Waals surface area contributed by atoms with Gasteiger partial charge in [-0.1, -0.05) is 262 Å². The molecule has 0 bridgehead atoms. The van der Waals surface area contributed by atoms with Gasteiger partial charge in [0.1, 0.15) is 6.10 Å². The van der Waals surface area contributed by atoms with Gasteiger partial charge in [0.2, 0.25) is 5.91 Å². The molecule has 3 unspecified atom stereocenters. The van der Waals surface area contributed by atoms with Crippen LogP contribution in [-0.4, -0.2) is 46.9 Å². The first kappa shape index (κ1) is 66.8. The van der Waals surface area contributed by atoms with E-state index in [9.17, 15) is 19.8 Å². The standard InChI is InChI=1S/C63H117NO5/c1-4-7-10-13-16-19-22-25-28-30-31-32-35-38-41-44-47-50-53-56-63(68)69-59(54-51-48-45-42-39-36-34-29-26-23-20-17-14-11-8-5-2)57-62(67)64-60(58-65)61(66)55-52-49-46-43-40-37-33-27-24-21-18-15-12-9-6-3/h16,19,25,28,31-32,36,39,59-61,65-66H,4-15,17-18,20-24,26-27,29-30,33-35,37-38,40-58H2,1-3H3,(H,64,67)/b19-16-,28-25-,32-31-,39-36+. The highest BCUT2D eigenvalue weighted by molar-refractivity contribution is 5.77. The lowest BCUT2D eigenvalue weighted by Crippen LogP contribution is -2.46. The number of unbranched alkanes of at least 4 members (excludes halogenated alkanes) is 35. The molecule has 0 fully saturated rings. The number of rotatable bonds is 55. The molecule has 0 rings (SSSR count). The summed E-state index contributed by atoms with van der Waals surface area (Å²) in [5, 5.41) is 23.9. The van der Waals surface area contributed by atoms with Crippen molar-refractivity contribution in [1.82, 2.24) is 5.32 Å². The Morgan fingerprint density at radius 2 is 0.739 bits per heavy atom. The number of hydrogen-bond donors (Lipinski definition) is 3. The average Bonchev–Trinajstić information content (AvgIpc) is 3.34. The van der Waals surface area contributed by atoms with Gasteiger partial charge in [-0.15, -0.1) is 0 Å². The zero-order chi connectivity index (χ0) is 50.2. The van der Waals surface area contributed by atoms with E-state index in [0.29, 0.717) is 19.3 Å². The molecule has 0 saturated carbocycles. The lowest BCUT2D eigenvalue weighted by molar-refractivity contribution is -0.151. The number of aliphatic hydroxyl groups is 2. The molecule has 6 heteroatoms. The van der Waals surface area contributed by atoms with Crippen molar-refractivity contribution in [3.05, 3.63) is 48.6 Å². The predicted octanol–water partition coefficient (Wildman–Crippen LogP) is 19.0. The minimum atomic E-state index is -0.795. The number of esters is 1. The molecule has 6 nitrogen and oxygen atoms in total. The van der Waals surface area contributed by atoms with Crippen LogP contribution in [0, 0.1) is 0 Å². The maximum atomic E-state index is 13.3. The summed E-state index contributed by atoms with van der Waals surface area (Å²) < 4.78 is 5.96. The maximum Gasteiger partial charge on any atom is 0.306 e. The van der Waals surface area contributed by atoms with Crippen LogP contribution in [0.15, 0.2) is 48.6 Å². The molecule has 0 aromatic carbocycles. The van der Waals surface area contributed by atoms with Crippen molar-refractivity contribution in [3.8, 4) is 0 Å². The van der Waals surface area contributed by atoms with Gasteiger partial charge < -0.3 is 20.3 Å². The highest BCUT2D eigenvalue weighted by Crippen LogP contribution is 2.18. The van der Waals surface area contributed by atoms with Crippen LogP contribution in [0.3, 0.4) is 0 Å². The van der Waals surface area contributed by atoms with Gasteiger partial charge in [-0.05, 0) is 89.9 Å². The normalized spacial score (nSPS) is 13.4. The van der Waals surface area contributed by atoms with Gasteiger partial charge in [-0.3, -0.25) is 9.59 Å². The van der Waals surface area contributed by atoms with Crippen molar-refractivity contribution < 1.29 is 24.5 Å². The molecule has 0 radical (unpaired) electrons. The van der Waals surface area contributed by atoms with Gasteiger partial charge in [0.25, 0.3) is 0 Å². The summed E-state index contributed by atoms with van der Waals surface area (Å²) in [6, 6.07) is -0.710. The monoisotopic (exact) mass is 968 g/mol. The number of ether oxygens (including phenoxy) is 1. The van der Waals surface area contributed by atoms with Crippen molar-refractivity contribution in [3.63, 3.8) is 0 Å². The molecule has 69 heavy (non-hydrogen) atoms. The molecule has 404 valence electrons. The van der Waals surface area contributed by atoms with Crippen molar-refractivity contribution in [2.24, 2.45) is 0 Å². The van der Waals surface area contributed by atoms with Gasteiger partial charge in [-0.2, -0.15) is 0 Å². The minimum Gasteiger partial charge on any atom is -0.462 e. The second kappa shape index (κ2) is 56.7. The third kappa shape index (κ3) is 52.0. The van der Waals surface area contributed by atoms with E-state index in [2.05, 4.69) is 74.7 Å². The van der Waals surface area contributed by atoms with E-state index in [4.69, 9.17) is 4.74 Å². The van der Waals surface area contributed by atoms with Crippen LogP contribution < -0.4 is 5.32 Å². The van der Waals surface area contributed by atoms with Crippen LogP contribution in [0.25, 0.3) is 0 Å². The fourth-order valence-corrected chi connectivity index (χ4v) is 9.26. The Hall–Kier alpha value is -2.18. The van der Waals surface area contributed by atoms with Gasteiger partial charge in [0.15, 0.2) is 0 Å². The summed E-state index contributed by atoms with van der Waals surface area (Å²) in [5.74, 6) is -0.490. The molecule has 0 aliphatic carbocycles. The molecule has 1 amide bonds. The van der Waals surface area contributed by atoms with Crippen LogP contribution in [0.1, 0.15) is 316 Å². The first-order valence-corrected chi connectivity index (χ1v) is 30.4. The number of carbonyl (C=O) groups is 2. The Morgan fingerprint density at radius 1 is 0.420 bits per heavy atom. The molecule has 0 aromatic heterocycles. The van der Waals surface area contributed by atoms with Crippen molar-refractivity contribution in [1.29, 1.82) is 0 Å². The highest BCUT2D eigenvalue weighted by atomic mass is 16.5. The quantitative estimate of drug-likeness (QED) is 0.0321. The first-order valence-electron chi connectivity index (χ1n) is 30.4. The Labute approximate surface area is 429 Å². The van der Waals surface area contributed by atoms with Gasteiger partial charge in [0, 0.05) is 6.42 Å². The molecule has 3 N–H and O–H groups in total. The number of allylic oxidation sites excluding steroid dienone is 8. The van der Waals surface area contributed by atoms with E-state index in [1.54, 1.807) is 0 Å². The first-order chi connectivity index (χ1) is 34.0. The fourth-order valence-electron chi connectivity index (χ4n) is 9.26. The molecule has 3 atom stereocenters. The fraction of sp³-hybridized carbons (Fsp3) is 0.841. The van der Waals surface area contributed by atoms with E-state index in [-0.39, 0.29) is 24.9 Å². The third-order valence-corrected chi connectivity index (χ3v) is 13.9. The van der Waals surface area contributed by atoms with E-state index < -0.39 is 18.2 Å². The van der Waals surface area contributed by atoms with E-state index >= 15 is 0 Å². The molecule has 0 aromatic rings. The maximum absolute atomic E-state index is 13.3. The minimum absolute atomic E-state index is 0.0633. The van der Waals surface area contributed by atoms with Gasteiger partial charge >= 0.3 is 5.97 Å². The Morgan fingerprint density at radius 3 is 1.17 bits per heavy atom. The summed E-state index contributed by atoms with van der Waals surface area (Å²) >= 11 is 0. The lowest BCUT2D eigenvalue weighted by atomic mass is 10.0. The number of carbonyl (C=O) groups excluding carboxylic acids is 2. The molecule has 0 aliphatic heterocycles. The molecule has 0 heterocycles. The number of aliphatic hydroxyl groups excluding tert-OH is 2. The largest absolute Gasteiger partial charge is 0.462 e. The summed E-state index contributed by atoms with van der Waals surface area (Å²) in [6.07, 6.45) is 70.3. The van der Waals surface area contributed by atoms with E-state index in [1.165, 1.54) is 186 Å². The van der Waals surface area contributed by atoms with Gasteiger partial charge in [-0.25, -0.2) is 0 Å². The van der Waals surface area contributed by atoms with Crippen LogP contribution in [0.2, 0.25) is 0 Å². The zero-order valence-electron chi connectivity index (χ0n) is 46.2. The molecule has 0 saturated heterocycles. The third-order valence-electron chi connectivity index (χ3n) is 13.9.